The van der Waals surface area contributed by atoms with Crippen molar-refractivity contribution in [2.24, 2.45) is 0 Å². The van der Waals surface area contributed by atoms with Crippen LogP contribution in [0.5, 0.6) is 0 Å². The summed E-state index contributed by atoms with van der Waals surface area (Å²) in [5.74, 6) is -2.88. The first kappa shape index (κ1) is 24.5. The van der Waals surface area contributed by atoms with Crippen molar-refractivity contribution >= 4 is 23.9 Å². The second-order valence-corrected chi connectivity index (χ2v) is 7.06. The molecular weight excluding hydrogens is 468 g/mol. The molecule has 176 valence electrons. The van der Waals surface area contributed by atoms with Gasteiger partial charge in [-0.2, -0.15) is 26.3 Å². The number of benzene rings is 3. The van der Waals surface area contributed by atoms with E-state index in [1.54, 1.807) is 12.1 Å². The van der Waals surface area contributed by atoms with Crippen LogP contribution in [0.2, 0.25) is 0 Å². The standard InChI is InChI=1S/C23H13F6NO4/c24-22(25,26)16-7-15(8-17(10-16)23(27,28)29)20(32)30-19-5-4-14(9-18(19)21(33)34)13-3-1-2-12(6-13)11-31/h1-11H,(H,30,32)(H,33,34). The van der Waals surface area contributed by atoms with Gasteiger partial charge in [0.2, 0.25) is 0 Å². The summed E-state index contributed by atoms with van der Waals surface area (Å²) < 4.78 is 78.3. The fraction of sp³-hybridized carbons (Fsp3) is 0.0870. The van der Waals surface area contributed by atoms with Crippen LogP contribution >= 0.6 is 0 Å². The van der Waals surface area contributed by atoms with Crippen molar-refractivity contribution in [2.45, 2.75) is 12.4 Å². The zero-order valence-corrected chi connectivity index (χ0v) is 16.8. The molecule has 5 nitrogen and oxygen atoms in total. The summed E-state index contributed by atoms with van der Waals surface area (Å²) in [6.45, 7) is 0. The van der Waals surface area contributed by atoms with Gasteiger partial charge in [-0.3, -0.25) is 9.59 Å². The Morgan fingerprint density at radius 3 is 1.91 bits per heavy atom. The summed E-state index contributed by atoms with van der Waals surface area (Å²) in [4.78, 5) is 35.2. The molecular formula is C23H13F6NO4. The Bertz CT molecular complexity index is 1250. The summed E-state index contributed by atoms with van der Waals surface area (Å²) in [6.07, 6.45) is -9.72. The molecule has 3 aromatic carbocycles. The molecule has 0 aromatic heterocycles. The van der Waals surface area contributed by atoms with Crippen molar-refractivity contribution in [3.8, 4) is 11.1 Å². The van der Waals surface area contributed by atoms with Crippen LogP contribution in [0.1, 0.15) is 42.2 Å². The zero-order valence-electron chi connectivity index (χ0n) is 16.8. The number of amides is 1. The number of aromatic carboxylic acids is 1. The molecule has 0 aliphatic heterocycles. The predicted molar refractivity (Wildman–Crippen MR) is 109 cm³/mol. The second-order valence-electron chi connectivity index (χ2n) is 7.06. The molecule has 34 heavy (non-hydrogen) atoms. The van der Waals surface area contributed by atoms with E-state index in [1.807, 2.05) is 0 Å². The van der Waals surface area contributed by atoms with Crippen LogP contribution in [0.4, 0.5) is 32.0 Å². The van der Waals surface area contributed by atoms with Crippen LogP contribution in [-0.2, 0) is 12.4 Å². The topological polar surface area (TPSA) is 83.5 Å². The van der Waals surface area contributed by atoms with E-state index in [0.29, 0.717) is 23.0 Å². The number of aldehydes is 1. The molecule has 3 aromatic rings. The summed E-state index contributed by atoms with van der Waals surface area (Å²) in [6, 6.07) is 10.2. The van der Waals surface area contributed by atoms with Gasteiger partial charge in [-0.25, -0.2) is 4.79 Å². The van der Waals surface area contributed by atoms with Crippen LogP contribution in [0.15, 0.2) is 60.7 Å². The van der Waals surface area contributed by atoms with Crippen LogP contribution in [0, 0.1) is 0 Å². The number of anilines is 1. The van der Waals surface area contributed by atoms with Crippen molar-refractivity contribution in [3.05, 3.63) is 88.5 Å². The number of hydrogen-bond donors (Lipinski definition) is 2. The first-order chi connectivity index (χ1) is 15.8. The maximum Gasteiger partial charge on any atom is 0.416 e. The predicted octanol–water partition coefficient (Wildman–Crippen LogP) is 6.15. The third kappa shape index (κ3) is 5.42. The lowest BCUT2D eigenvalue weighted by atomic mass is 10.00. The van der Waals surface area contributed by atoms with Crippen molar-refractivity contribution in [1.29, 1.82) is 0 Å². The highest BCUT2D eigenvalue weighted by Crippen LogP contribution is 2.36. The monoisotopic (exact) mass is 481 g/mol. The highest BCUT2D eigenvalue weighted by Gasteiger charge is 2.37. The third-order valence-corrected chi connectivity index (χ3v) is 4.70. The van der Waals surface area contributed by atoms with Gasteiger partial charge < -0.3 is 10.4 Å². The van der Waals surface area contributed by atoms with E-state index < -0.39 is 46.5 Å². The number of rotatable bonds is 5. The van der Waals surface area contributed by atoms with Gasteiger partial charge in [0, 0.05) is 11.1 Å². The van der Waals surface area contributed by atoms with E-state index in [-0.39, 0.29) is 23.9 Å². The Morgan fingerprint density at radius 2 is 1.38 bits per heavy atom. The fourth-order valence-electron chi connectivity index (χ4n) is 3.08. The van der Waals surface area contributed by atoms with Gasteiger partial charge in [0.15, 0.2) is 0 Å². The van der Waals surface area contributed by atoms with Gasteiger partial charge in [-0.15, -0.1) is 0 Å². The largest absolute Gasteiger partial charge is 0.478 e. The maximum atomic E-state index is 13.1. The Balaban J connectivity index is 2.01. The quantitative estimate of drug-likeness (QED) is 0.338. The summed E-state index contributed by atoms with van der Waals surface area (Å²) in [5.41, 5.74) is -4.01. The highest BCUT2D eigenvalue weighted by molar-refractivity contribution is 6.08. The van der Waals surface area contributed by atoms with Crippen molar-refractivity contribution < 1.29 is 45.8 Å². The average Bonchev–Trinajstić information content (AvgIpc) is 2.77. The van der Waals surface area contributed by atoms with Crippen LogP contribution in [0.3, 0.4) is 0 Å². The number of hydrogen-bond acceptors (Lipinski definition) is 3. The number of halogens is 6. The summed E-state index contributed by atoms with van der Waals surface area (Å²) in [7, 11) is 0. The molecule has 0 unspecified atom stereocenters. The van der Waals surface area contributed by atoms with E-state index in [2.05, 4.69) is 5.32 Å². The third-order valence-electron chi connectivity index (χ3n) is 4.70. The van der Waals surface area contributed by atoms with Crippen LogP contribution < -0.4 is 5.32 Å². The molecule has 2 N–H and O–H groups in total. The van der Waals surface area contributed by atoms with Crippen LogP contribution in [-0.4, -0.2) is 23.3 Å². The Labute approximate surface area is 187 Å². The van der Waals surface area contributed by atoms with E-state index >= 15 is 0 Å². The molecule has 3 rings (SSSR count). The minimum absolute atomic E-state index is 0.123. The lowest BCUT2D eigenvalue weighted by molar-refractivity contribution is -0.143. The van der Waals surface area contributed by atoms with Gasteiger partial charge in [0.05, 0.1) is 22.4 Å². The Morgan fingerprint density at radius 1 is 0.794 bits per heavy atom. The van der Waals surface area contributed by atoms with Gasteiger partial charge in [-0.05, 0) is 47.5 Å². The lowest BCUT2D eigenvalue weighted by Gasteiger charge is -2.15. The van der Waals surface area contributed by atoms with Crippen molar-refractivity contribution in [1.82, 2.24) is 0 Å². The normalized spacial score (nSPS) is 11.7. The second kappa shape index (κ2) is 9.00. The Hall–Kier alpha value is -4.15. The number of nitrogens with one attached hydrogen (secondary N) is 1. The molecule has 0 atom stereocenters. The number of carbonyl (C=O) groups excluding carboxylic acids is 2. The number of carboxylic acid groups (broad SMARTS) is 1. The first-order valence-corrected chi connectivity index (χ1v) is 9.33. The van der Waals surface area contributed by atoms with E-state index in [0.717, 1.165) is 12.1 Å². The summed E-state index contributed by atoms with van der Waals surface area (Å²) in [5, 5.41) is 11.6. The zero-order chi connectivity index (χ0) is 25.3. The molecule has 0 saturated heterocycles. The molecule has 1 amide bonds. The van der Waals surface area contributed by atoms with Gasteiger partial charge in [0.25, 0.3) is 5.91 Å². The summed E-state index contributed by atoms with van der Waals surface area (Å²) >= 11 is 0. The molecule has 0 radical (unpaired) electrons. The van der Waals surface area contributed by atoms with Crippen molar-refractivity contribution in [3.63, 3.8) is 0 Å². The SMILES string of the molecule is O=Cc1cccc(-c2ccc(NC(=O)c3cc(C(F)(F)F)cc(C(F)(F)F)c3)c(C(=O)O)c2)c1. The number of alkyl halides is 6. The minimum atomic E-state index is -5.15. The van der Waals surface area contributed by atoms with Gasteiger partial charge in [-0.1, -0.05) is 24.3 Å². The molecule has 0 saturated carbocycles. The number of carbonyl (C=O) groups is 3. The van der Waals surface area contributed by atoms with Crippen LogP contribution in [0.25, 0.3) is 11.1 Å². The molecule has 0 fully saturated rings. The first-order valence-electron chi connectivity index (χ1n) is 9.33. The average molecular weight is 481 g/mol. The van der Waals surface area contributed by atoms with Gasteiger partial charge >= 0.3 is 18.3 Å². The molecule has 0 aliphatic carbocycles. The molecule has 11 heteroatoms. The molecule has 0 aliphatic rings. The fourth-order valence-corrected chi connectivity index (χ4v) is 3.08. The lowest BCUT2D eigenvalue weighted by Crippen LogP contribution is -2.18. The van der Waals surface area contributed by atoms with Gasteiger partial charge in [0.1, 0.15) is 6.29 Å². The molecule has 0 spiro atoms. The molecule has 0 bridgehead atoms. The molecule has 0 heterocycles. The number of carboxylic acids is 1. The maximum absolute atomic E-state index is 13.1. The highest BCUT2D eigenvalue weighted by atomic mass is 19.4. The van der Waals surface area contributed by atoms with E-state index in [4.69, 9.17) is 0 Å². The smallest absolute Gasteiger partial charge is 0.416 e. The van der Waals surface area contributed by atoms with E-state index in [1.165, 1.54) is 18.2 Å². The Kier molecular flexibility index (Phi) is 6.49. The minimum Gasteiger partial charge on any atom is -0.478 e. The van der Waals surface area contributed by atoms with Crippen molar-refractivity contribution in [2.75, 3.05) is 5.32 Å². The van der Waals surface area contributed by atoms with E-state index in [9.17, 15) is 45.8 Å².